The molecule has 3 rings (SSSR count). The van der Waals surface area contributed by atoms with Gasteiger partial charge in [-0.2, -0.15) is 5.10 Å². The van der Waals surface area contributed by atoms with E-state index in [9.17, 15) is 4.57 Å². The Balaban J connectivity index is 1.93. The summed E-state index contributed by atoms with van der Waals surface area (Å²) in [6.07, 6.45) is 1.53. The van der Waals surface area contributed by atoms with Gasteiger partial charge in [-0.25, -0.2) is 4.57 Å². The third kappa shape index (κ3) is 3.62. The van der Waals surface area contributed by atoms with Crippen molar-refractivity contribution < 1.29 is 13.6 Å². The van der Waals surface area contributed by atoms with E-state index >= 15 is 0 Å². The van der Waals surface area contributed by atoms with Crippen LogP contribution in [0.5, 0.6) is 11.5 Å². The Morgan fingerprint density at radius 3 is 1.87 bits per heavy atom. The Hall–Kier alpha value is -2.56. The van der Waals surface area contributed by atoms with Crippen LogP contribution >= 0.6 is 7.60 Å². The maximum atomic E-state index is 13.3. The first-order valence-corrected chi connectivity index (χ1v) is 8.62. The van der Waals surface area contributed by atoms with Gasteiger partial charge in [-0.15, -0.1) is 0 Å². The lowest BCUT2D eigenvalue weighted by molar-refractivity contribution is 0.372. The van der Waals surface area contributed by atoms with Crippen LogP contribution in [0.3, 0.4) is 0 Å². The molecule has 1 atom stereocenters. The van der Waals surface area contributed by atoms with Gasteiger partial charge >= 0.3 is 7.60 Å². The molecule has 3 aromatic rings. The smallest absolute Gasteiger partial charge is 0.415 e. The number of nitrogens with zero attached hydrogens (tertiary/aromatic N) is 1. The zero-order valence-corrected chi connectivity index (χ0v) is 13.1. The Labute approximate surface area is 133 Å². The molecule has 0 amide bonds. The molecular weight excluding hydrogens is 313 g/mol. The second-order valence-corrected chi connectivity index (χ2v) is 6.81. The number of nitrogens with two attached hydrogens (primary N) is 1. The van der Waals surface area contributed by atoms with Gasteiger partial charge in [-0.1, -0.05) is 36.4 Å². The van der Waals surface area contributed by atoms with Gasteiger partial charge in [0.2, 0.25) is 0 Å². The van der Waals surface area contributed by atoms with Crippen molar-refractivity contribution in [1.29, 1.82) is 0 Å². The molecule has 7 heteroatoms. The summed E-state index contributed by atoms with van der Waals surface area (Å²) in [6, 6.07) is 19.2. The zero-order chi connectivity index (χ0) is 16.1. The number of para-hydroxylation sites is 2. The molecule has 118 valence electrons. The fourth-order valence-corrected chi connectivity index (χ4v) is 3.57. The quantitative estimate of drug-likeness (QED) is 0.673. The van der Waals surface area contributed by atoms with E-state index in [-0.39, 0.29) is 0 Å². The summed E-state index contributed by atoms with van der Waals surface area (Å²) < 4.78 is 24.6. The molecule has 0 aliphatic carbocycles. The number of hydrogen-bond acceptors (Lipinski definition) is 5. The normalized spacial score (nSPS) is 12.6. The van der Waals surface area contributed by atoms with Crippen LogP contribution in [0.15, 0.2) is 72.9 Å². The minimum Gasteiger partial charge on any atom is -0.415 e. The van der Waals surface area contributed by atoms with E-state index in [4.69, 9.17) is 14.8 Å². The highest BCUT2D eigenvalue weighted by atomic mass is 31.2. The first-order chi connectivity index (χ1) is 11.2. The molecule has 0 saturated heterocycles. The van der Waals surface area contributed by atoms with Gasteiger partial charge in [-0.05, 0) is 30.3 Å². The van der Waals surface area contributed by atoms with Crippen LogP contribution in [-0.2, 0) is 4.57 Å². The second-order valence-electron chi connectivity index (χ2n) is 4.81. The van der Waals surface area contributed by atoms with Crippen LogP contribution < -0.4 is 14.8 Å². The van der Waals surface area contributed by atoms with Gasteiger partial charge in [0.15, 0.2) is 5.78 Å². The van der Waals surface area contributed by atoms with Gasteiger partial charge in [0.05, 0.1) is 5.69 Å². The highest BCUT2D eigenvalue weighted by molar-refractivity contribution is 7.55. The third-order valence-electron chi connectivity index (χ3n) is 3.13. The van der Waals surface area contributed by atoms with Crippen molar-refractivity contribution in [2.24, 2.45) is 5.73 Å². The van der Waals surface area contributed by atoms with Crippen LogP contribution in [0.4, 0.5) is 0 Å². The van der Waals surface area contributed by atoms with Gasteiger partial charge in [0.1, 0.15) is 11.5 Å². The van der Waals surface area contributed by atoms with Crippen molar-refractivity contribution in [3.8, 4) is 11.5 Å². The lowest BCUT2D eigenvalue weighted by Gasteiger charge is -2.24. The average molecular weight is 329 g/mol. The Morgan fingerprint density at radius 2 is 1.43 bits per heavy atom. The number of H-pyrrole nitrogens is 1. The van der Waals surface area contributed by atoms with Crippen molar-refractivity contribution in [2.45, 2.75) is 5.78 Å². The molecule has 0 aliphatic rings. The van der Waals surface area contributed by atoms with Gasteiger partial charge in [-0.3, -0.25) is 5.10 Å². The van der Waals surface area contributed by atoms with Gasteiger partial charge in [0, 0.05) is 6.20 Å². The van der Waals surface area contributed by atoms with Crippen LogP contribution in [0.1, 0.15) is 11.5 Å². The van der Waals surface area contributed by atoms with Crippen molar-refractivity contribution in [3.05, 3.63) is 78.6 Å². The van der Waals surface area contributed by atoms with E-state index in [0.717, 1.165) is 0 Å². The molecule has 2 aromatic carbocycles. The Morgan fingerprint density at radius 1 is 0.913 bits per heavy atom. The molecule has 0 bridgehead atoms. The predicted molar refractivity (Wildman–Crippen MR) is 87.3 cm³/mol. The topological polar surface area (TPSA) is 90.2 Å². The first kappa shape index (κ1) is 15.3. The molecule has 3 N–H and O–H groups in total. The fourth-order valence-electron chi connectivity index (χ4n) is 1.99. The third-order valence-corrected chi connectivity index (χ3v) is 5.02. The van der Waals surface area contributed by atoms with Crippen LogP contribution in [0.2, 0.25) is 0 Å². The minimum absolute atomic E-state index is 0.418. The molecule has 0 radical (unpaired) electrons. The van der Waals surface area contributed by atoms with E-state index in [2.05, 4.69) is 10.2 Å². The van der Waals surface area contributed by atoms with Crippen LogP contribution in [0.25, 0.3) is 0 Å². The largest absolute Gasteiger partial charge is 0.453 e. The molecule has 0 aliphatic heterocycles. The molecule has 0 spiro atoms. The van der Waals surface area contributed by atoms with Crippen LogP contribution in [0, 0.1) is 0 Å². The zero-order valence-electron chi connectivity index (χ0n) is 12.2. The van der Waals surface area contributed by atoms with Gasteiger partial charge in [0.25, 0.3) is 0 Å². The van der Waals surface area contributed by atoms with E-state index in [1.807, 2.05) is 12.1 Å². The lowest BCUT2D eigenvalue weighted by atomic mass is 10.3. The average Bonchev–Trinajstić information content (AvgIpc) is 3.10. The van der Waals surface area contributed by atoms with E-state index in [1.54, 1.807) is 54.6 Å². The summed E-state index contributed by atoms with van der Waals surface area (Å²) in [5.41, 5.74) is 6.60. The molecule has 6 nitrogen and oxygen atoms in total. The Kier molecular flexibility index (Phi) is 4.46. The molecule has 1 unspecified atom stereocenters. The summed E-state index contributed by atoms with van der Waals surface area (Å²) in [7, 11) is -3.74. The SMILES string of the molecule is NC(c1ccn[nH]1)P(=O)(Oc1ccccc1)Oc1ccccc1. The summed E-state index contributed by atoms with van der Waals surface area (Å²) in [5, 5.41) is 6.54. The number of benzene rings is 2. The number of hydrogen-bond donors (Lipinski definition) is 2. The molecule has 0 fully saturated rings. The maximum Gasteiger partial charge on any atom is 0.453 e. The Bertz CT molecular complexity index is 733. The number of nitrogens with one attached hydrogen (secondary N) is 1. The summed E-state index contributed by atoms with van der Waals surface area (Å²) in [6.45, 7) is 0. The predicted octanol–water partition coefficient (Wildman–Crippen LogP) is 3.72. The molecule has 1 heterocycles. The lowest BCUT2D eigenvalue weighted by Crippen LogP contribution is -2.18. The van der Waals surface area contributed by atoms with Crippen molar-refractivity contribution >= 4 is 7.60 Å². The number of aromatic nitrogens is 2. The summed E-state index contributed by atoms with van der Waals surface area (Å²) in [5.74, 6) is -0.158. The summed E-state index contributed by atoms with van der Waals surface area (Å²) >= 11 is 0. The van der Waals surface area contributed by atoms with Crippen LogP contribution in [-0.4, -0.2) is 10.2 Å². The summed E-state index contributed by atoms with van der Waals surface area (Å²) in [4.78, 5) is 0. The fraction of sp³-hybridized carbons (Fsp3) is 0.0625. The van der Waals surface area contributed by atoms with Gasteiger partial charge < -0.3 is 14.8 Å². The van der Waals surface area contributed by atoms with Crippen molar-refractivity contribution in [2.75, 3.05) is 0 Å². The minimum atomic E-state index is -3.74. The van der Waals surface area contributed by atoms with Crippen molar-refractivity contribution in [1.82, 2.24) is 10.2 Å². The first-order valence-electron chi connectivity index (χ1n) is 7.01. The molecule has 1 aromatic heterocycles. The van der Waals surface area contributed by atoms with Crippen molar-refractivity contribution in [3.63, 3.8) is 0 Å². The second kappa shape index (κ2) is 6.69. The van der Waals surface area contributed by atoms with E-state index in [1.165, 1.54) is 6.20 Å². The maximum absolute atomic E-state index is 13.3. The number of aromatic amines is 1. The molecule has 23 heavy (non-hydrogen) atoms. The molecular formula is C16H16N3O3P. The molecule has 0 saturated carbocycles. The highest BCUT2D eigenvalue weighted by Crippen LogP contribution is 2.57. The highest BCUT2D eigenvalue weighted by Gasteiger charge is 2.39. The monoisotopic (exact) mass is 329 g/mol. The number of rotatable bonds is 6. The van der Waals surface area contributed by atoms with E-state index < -0.39 is 13.4 Å². The standard InChI is InChI=1S/C16H16N3O3P/c17-16(15-11-12-18-19-15)23(20,21-13-7-3-1-4-8-13)22-14-9-5-2-6-10-14/h1-12,16H,17H2,(H,18,19). The van der Waals surface area contributed by atoms with E-state index in [0.29, 0.717) is 17.2 Å².